The van der Waals surface area contributed by atoms with Crippen LogP contribution in [0.2, 0.25) is 0 Å². The second kappa shape index (κ2) is 12.7. The van der Waals surface area contributed by atoms with Crippen LogP contribution in [0.1, 0.15) is 50.3 Å². The predicted octanol–water partition coefficient (Wildman–Crippen LogP) is 4.49. The molecule has 4 rings (SSSR count). The monoisotopic (exact) mass is 525 g/mol. The Morgan fingerprint density at radius 3 is 2.50 bits per heavy atom. The lowest BCUT2D eigenvalue weighted by molar-refractivity contribution is -0.140. The third-order valence-electron chi connectivity index (χ3n) is 6.48. The molecule has 0 unspecified atom stereocenters. The number of aliphatic hydroxyl groups excluding tert-OH is 1. The van der Waals surface area contributed by atoms with Gasteiger partial charge in [0.25, 0.3) is 11.7 Å². The molecule has 1 atom stereocenters. The van der Waals surface area contributed by atoms with E-state index in [2.05, 4.69) is 6.92 Å². The number of benzene rings is 2. The molecular formula is C29H35NO8. The van der Waals surface area contributed by atoms with Crippen molar-refractivity contribution in [3.63, 3.8) is 0 Å². The second-order valence-corrected chi connectivity index (χ2v) is 9.04. The molecule has 0 bridgehead atoms. The van der Waals surface area contributed by atoms with Crippen LogP contribution >= 0.6 is 0 Å². The van der Waals surface area contributed by atoms with Crippen molar-refractivity contribution in [2.24, 2.45) is 0 Å². The van der Waals surface area contributed by atoms with E-state index < -0.39 is 17.7 Å². The molecule has 0 aromatic heterocycles. The zero-order valence-corrected chi connectivity index (χ0v) is 22.2. The van der Waals surface area contributed by atoms with Gasteiger partial charge in [0.05, 0.1) is 31.4 Å². The Morgan fingerprint density at radius 2 is 1.76 bits per heavy atom. The minimum atomic E-state index is -0.841. The fourth-order valence-electron chi connectivity index (χ4n) is 4.61. The summed E-state index contributed by atoms with van der Waals surface area (Å²) in [7, 11) is 1.53. The summed E-state index contributed by atoms with van der Waals surface area (Å²) in [5, 5.41) is 11.4. The molecule has 0 saturated carbocycles. The number of methoxy groups -OCH3 is 1. The Labute approximate surface area is 222 Å². The van der Waals surface area contributed by atoms with E-state index in [0.717, 1.165) is 19.3 Å². The van der Waals surface area contributed by atoms with Crippen molar-refractivity contribution in [1.29, 1.82) is 0 Å². The predicted molar refractivity (Wildman–Crippen MR) is 141 cm³/mol. The molecule has 0 spiro atoms. The maximum Gasteiger partial charge on any atom is 0.295 e. The number of nitrogens with zero attached hydrogens (tertiary/aromatic N) is 1. The van der Waals surface area contributed by atoms with Crippen molar-refractivity contribution in [3.8, 4) is 23.0 Å². The standard InChI is InChI=1S/C29H35NO8/c1-4-6-7-13-36-21-10-8-19(17-23(21)35-5-2)26-25(28(32)29(33)30(26)12-14-34-3)27(31)20-9-11-22-24(18-20)38-16-15-37-22/h8-11,17-18,26,31H,4-7,12-16H2,1-3H3/t26-/m0/s1. The molecule has 9 nitrogen and oxygen atoms in total. The van der Waals surface area contributed by atoms with Gasteiger partial charge in [-0.05, 0) is 49.2 Å². The summed E-state index contributed by atoms with van der Waals surface area (Å²) in [6, 6.07) is 9.44. The zero-order chi connectivity index (χ0) is 27.1. The zero-order valence-electron chi connectivity index (χ0n) is 22.2. The number of amides is 1. The van der Waals surface area contributed by atoms with Crippen molar-refractivity contribution in [2.75, 3.05) is 46.7 Å². The number of carbonyl (C=O) groups is 2. The molecule has 2 aliphatic heterocycles. The molecule has 2 aromatic carbocycles. The molecule has 204 valence electrons. The number of aliphatic hydroxyl groups is 1. The van der Waals surface area contributed by atoms with Gasteiger partial charge in [-0.1, -0.05) is 25.8 Å². The lowest BCUT2D eigenvalue weighted by Gasteiger charge is -2.26. The van der Waals surface area contributed by atoms with Gasteiger partial charge in [-0.2, -0.15) is 0 Å². The fraction of sp³-hybridized carbons (Fsp3) is 0.448. The molecule has 2 heterocycles. The summed E-state index contributed by atoms with van der Waals surface area (Å²) in [5.74, 6) is 0.364. The number of unbranched alkanes of at least 4 members (excludes halogenated alkanes) is 2. The molecule has 1 saturated heterocycles. The maximum atomic E-state index is 13.3. The third kappa shape index (κ3) is 5.72. The summed E-state index contributed by atoms with van der Waals surface area (Å²) >= 11 is 0. The van der Waals surface area contributed by atoms with Crippen LogP contribution in [0, 0.1) is 0 Å². The van der Waals surface area contributed by atoms with E-state index in [4.69, 9.17) is 23.7 Å². The molecule has 1 N–H and O–H groups in total. The number of fused-ring (bicyclic) bond motifs is 1. The number of Topliss-reactive ketones (excluding diaryl/α,β-unsaturated/α-hetero) is 1. The SMILES string of the molecule is CCCCCOc1ccc([C@H]2C(=C(O)c3ccc4c(c3)OCCO4)C(=O)C(=O)N2CCOC)cc1OCC. The van der Waals surface area contributed by atoms with Gasteiger partial charge >= 0.3 is 0 Å². The van der Waals surface area contributed by atoms with Crippen LogP contribution in [0.4, 0.5) is 0 Å². The highest BCUT2D eigenvalue weighted by atomic mass is 16.6. The Kier molecular flexibility index (Phi) is 9.12. The van der Waals surface area contributed by atoms with Gasteiger partial charge in [0, 0.05) is 19.2 Å². The number of ketones is 1. The van der Waals surface area contributed by atoms with E-state index in [0.29, 0.717) is 60.6 Å². The van der Waals surface area contributed by atoms with Crippen molar-refractivity contribution < 1.29 is 38.4 Å². The van der Waals surface area contributed by atoms with Crippen molar-refractivity contribution in [1.82, 2.24) is 4.90 Å². The first-order valence-electron chi connectivity index (χ1n) is 13.1. The molecular weight excluding hydrogens is 490 g/mol. The number of ether oxygens (including phenoxy) is 5. The Balaban J connectivity index is 1.77. The summed E-state index contributed by atoms with van der Waals surface area (Å²) in [5.41, 5.74) is 0.954. The first-order chi connectivity index (χ1) is 18.5. The van der Waals surface area contributed by atoms with Gasteiger partial charge < -0.3 is 33.7 Å². The minimum Gasteiger partial charge on any atom is -0.507 e. The molecule has 1 fully saturated rings. The van der Waals surface area contributed by atoms with E-state index in [1.54, 1.807) is 36.4 Å². The number of rotatable bonds is 12. The Hall–Kier alpha value is -3.72. The second-order valence-electron chi connectivity index (χ2n) is 9.04. The van der Waals surface area contributed by atoms with Crippen molar-refractivity contribution >= 4 is 17.4 Å². The first-order valence-corrected chi connectivity index (χ1v) is 13.1. The van der Waals surface area contributed by atoms with Gasteiger partial charge in [0.15, 0.2) is 23.0 Å². The first kappa shape index (κ1) is 27.3. The van der Waals surface area contributed by atoms with Crippen LogP contribution < -0.4 is 18.9 Å². The van der Waals surface area contributed by atoms with E-state index in [-0.39, 0.29) is 24.5 Å². The molecule has 1 amide bonds. The highest BCUT2D eigenvalue weighted by Crippen LogP contribution is 2.43. The quantitative estimate of drug-likeness (QED) is 0.187. The summed E-state index contributed by atoms with van der Waals surface area (Å²) in [6.07, 6.45) is 3.08. The summed E-state index contributed by atoms with van der Waals surface area (Å²) in [6.45, 7) is 6.19. The average Bonchev–Trinajstić information content (AvgIpc) is 3.19. The maximum absolute atomic E-state index is 13.3. The van der Waals surface area contributed by atoms with Gasteiger partial charge in [-0.25, -0.2) is 0 Å². The number of hydrogen-bond donors (Lipinski definition) is 1. The van der Waals surface area contributed by atoms with Crippen molar-refractivity contribution in [3.05, 3.63) is 53.1 Å². The number of carbonyl (C=O) groups excluding carboxylic acids is 2. The van der Waals surface area contributed by atoms with Gasteiger partial charge in [0.1, 0.15) is 19.0 Å². The average molecular weight is 526 g/mol. The fourth-order valence-corrected chi connectivity index (χ4v) is 4.61. The lowest BCUT2D eigenvalue weighted by atomic mass is 9.94. The largest absolute Gasteiger partial charge is 0.507 e. The van der Waals surface area contributed by atoms with Crippen LogP contribution in [0.3, 0.4) is 0 Å². The van der Waals surface area contributed by atoms with Gasteiger partial charge in [0.2, 0.25) is 0 Å². The lowest BCUT2D eigenvalue weighted by Crippen LogP contribution is -2.32. The number of hydrogen-bond acceptors (Lipinski definition) is 8. The van der Waals surface area contributed by atoms with Crippen LogP contribution in [0.25, 0.3) is 5.76 Å². The third-order valence-corrected chi connectivity index (χ3v) is 6.48. The highest BCUT2D eigenvalue weighted by molar-refractivity contribution is 6.46. The Bertz CT molecular complexity index is 1190. The van der Waals surface area contributed by atoms with Gasteiger partial charge in [-0.3, -0.25) is 9.59 Å². The van der Waals surface area contributed by atoms with E-state index in [1.165, 1.54) is 12.0 Å². The van der Waals surface area contributed by atoms with Crippen LogP contribution in [-0.4, -0.2) is 68.4 Å². The molecule has 9 heteroatoms. The molecule has 38 heavy (non-hydrogen) atoms. The highest BCUT2D eigenvalue weighted by Gasteiger charge is 2.46. The van der Waals surface area contributed by atoms with Gasteiger partial charge in [-0.15, -0.1) is 0 Å². The van der Waals surface area contributed by atoms with Crippen molar-refractivity contribution in [2.45, 2.75) is 39.2 Å². The molecule has 2 aliphatic rings. The number of likely N-dealkylation sites (tertiary alicyclic amines) is 1. The molecule has 2 aromatic rings. The van der Waals surface area contributed by atoms with E-state index >= 15 is 0 Å². The Morgan fingerprint density at radius 1 is 0.974 bits per heavy atom. The normalized spacial score (nSPS) is 18.1. The minimum absolute atomic E-state index is 0.0122. The van der Waals surface area contributed by atoms with Crippen LogP contribution in [0.15, 0.2) is 42.0 Å². The van der Waals surface area contributed by atoms with E-state index in [9.17, 15) is 14.7 Å². The van der Waals surface area contributed by atoms with E-state index in [1.807, 2.05) is 6.92 Å². The van der Waals surface area contributed by atoms with Crippen LogP contribution in [0.5, 0.6) is 23.0 Å². The molecule has 0 radical (unpaired) electrons. The topological polar surface area (TPSA) is 104 Å². The summed E-state index contributed by atoms with van der Waals surface area (Å²) < 4.78 is 28.2. The summed E-state index contributed by atoms with van der Waals surface area (Å²) in [4.78, 5) is 27.8. The molecule has 0 aliphatic carbocycles. The van der Waals surface area contributed by atoms with Crippen LogP contribution in [-0.2, 0) is 14.3 Å². The smallest absolute Gasteiger partial charge is 0.295 e.